The summed E-state index contributed by atoms with van der Waals surface area (Å²) in [6.07, 6.45) is 0. The molecule has 5 heteroatoms. The number of likely N-dealkylation sites (N-methyl/N-ethyl adjacent to an activating group) is 1. The fourth-order valence-corrected chi connectivity index (χ4v) is 0.779. The summed E-state index contributed by atoms with van der Waals surface area (Å²) >= 11 is 0. The first-order valence-corrected chi connectivity index (χ1v) is 3.39. The Labute approximate surface area is 60.9 Å². The van der Waals surface area contributed by atoms with Gasteiger partial charge in [-0.3, -0.25) is 0 Å². The second-order valence-electron chi connectivity index (χ2n) is 2.35. The van der Waals surface area contributed by atoms with Crippen LogP contribution >= 0.6 is 0 Å². The predicted octanol–water partition coefficient (Wildman–Crippen LogP) is -1.06. The SMILES string of the molecule is CN1CCOB(O)OCC1. The van der Waals surface area contributed by atoms with Crippen LogP contribution in [0.15, 0.2) is 0 Å². The monoisotopic (exact) mass is 145 g/mol. The van der Waals surface area contributed by atoms with E-state index in [2.05, 4.69) is 4.90 Å². The molecule has 0 aromatic rings. The number of rotatable bonds is 0. The van der Waals surface area contributed by atoms with Gasteiger partial charge in [0.15, 0.2) is 0 Å². The van der Waals surface area contributed by atoms with E-state index in [1.165, 1.54) is 0 Å². The summed E-state index contributed by atoms with van der Waals surface area (Å²) in [5, 5.41) is 8.84. The minimum absolute atomic E-state index is 0.525. The summed E-state index contributed by atoms with van der Waals surface area (Å²) < 4.78 is 9.69. The fourth-order valence-electron chi connectivity index (χ4n) is 0.779. The first kappa shape index (κ1) is 8.01. The van der Waals surface area contributed by atoms with Crippen LogP contribution < -0.4 is 0 Å². The highest BCUT2D eigenvalue weighted by atomic mass is 16.7. The topological polar surface area (TPSA) is 41.9 Å². The summed E-state index contributed by atoms with van der Waals surface area (Å²) in [6.45, 7) is 2.75. The van der Waals surface area contributed by atoms with E-state index in [1.54, 1.807) is 0 Å². The molecule has 0 aromatic heterocycles. The molecule has 0 aliphatic carbocycles. The van der Waals surface area contributed by atoms with E-state index in [9.17, 15) is 0 Å². The van der Waals surface area contributed by atoms with Crippen LogP contribution in [0.5, 0.6) is 0 Å². The van der Waals surface area contributed by atoms with Gasteiger partial charge < -0.3 is 19.2 Å². The first-order chi connectivity index (χ1) is 4.79. The average Bonchev–Trinajstić information content (AvgIpc) is 1.84. The van der Waals surface area contributed by atoms with Crippen LogP contribution in [0.25, 0.3) is 0 Å². The minimum Gasteiger partial charge on any atom is -0.402 e. The lowest BCUT2D eigenvalue weighted by atomic mass is 10.2. The third-order valence-electron chi connectivity index (χ3n) is 1.47. The molecule has 0 spiro atoms. The maximum atomic E-state index is 8.84. The van der Waals surface area contributed by atoms with E-state index < -0.39 is 7.32 Å². The zero-order chi connectivity index (χ0) is 7.40. The predicted molar refractivity (Wildman–Crippen MR) is 37.4 cm³/mol. The van der Waals surface area contributed by atoms with Crippen molar-refractivity contribution in [3.63, 3.8) is 0 Å². The lowest BCUT2D eigenvalue weighted by Crippen LogP contribution is -2.36. The van der Waals surface area contributed by atoms with E-state index >= 15 is 0 Å². The molecule has 0 atom stereocenters. The molecule has 0 bridgehead atoms. The highest BCUT2D eigenvalue weighted by molar-refractivity contribution is 6.34. The summed E-state index contributed by atoms with van der Waals surface area (Å²) in [7, 11) is 0.971. The highest BCUT2D eigenvalue weighted by Gasteiger charge is 2.17. The molecule has 1 rings (SSSR count). The lowest BCUT2D eigenvalue weighted by Gasteiger charge is -2.20. The van der Waals surface area contributed by atoms with E-state index in [0.29, 0.717) is 13.2 Å². The highest BCUT2D eigenvalue weighted by Crippen LogP contribution is 1.92. The number of hydrogen-bond donors (Lipinski definition) is 1. The minimum atomic E-state index is -1.02. The van der Waals surface area contributed by atoms with Crippen molar-refractivity contribution in [3.8, 4) is 0 Å². The van der Waals surface area contributed by atoms with Gasteiger partial charge in [-0.1, -0.05) is 0 Å². The largest absolute Gasteiger partial charge is 0.636 e. The number of hydrogen-bond acceptors (Lipinski definition) is 4. The summed E-state index contributed by atoms with van der Waals surface area (Å²) in [5.41, 5.74) is 0. The normalized spacial score (nSPS) is 24.0. The van der Waals surface area contributed by atoms with Crippen LogP contribution in [-0.4, -0.2) is 50.6 Å². The van der Waals surface area contributed by atoms with E-state index in [-0.39, 0.29) is 0 Å². The molecule has 0 radical (unpaired) electrons. The first-order valence-electron chi connectivity index (χ1n) is 3.39. The van der Waals surface area contributed by atoms with Gasteiger partial charge in [-0.05, 0) is 7.05 Å². The summed E-state index contributed by atoms with van der Waals surface area (Å²) in [6, 6.07) is 0. The summed E-state index contributed by atoms with van der Waals surface area (Å²) in [4.78, 5) is 2.09. The van der Waals surface area contributed by atoms with Gasteiger partial charge in [0.1, 0.15) is 0 Å². The molecular weight excluding hydrogens is 133 g/mol. The molecule has 1 heterocycles. The molecule has 1 N–H and O–H groups in total. The van der Waals surface area contributed by atoms with Gasteiger partial charge in [0.25, 0.3) is 0 Å². The fraction of sp³-hybridized carbons (Fsp3) is 1.00. The van der Waals surface area contributed by atoms with Crippen molar-refractivity contribution < 1.29 is 14.3 Å². The van der Waals surface area contributed by atoms with Crippen LogP contribution in [0.2, 0.25) is 0 Å². The Kier molecular flexibility index (Phi) is 3.14. The Morgan fingerprint density at radius 1 is 1.30 bits per heavy atom. The molecule has 0 amide bonds. The maximum Gasteiger partial charge on any atom is 0.636 e. The van der Waals surface area contributed by atoms with Gasteiger partial charge in [0, 0.05) is 26.3 Å². The Hall–Kier alpha value is -0.0951. The van der Waals surface area contributed by atoms with Gasteiger partial charge in [0.2, 0.25) is 0 Å². The lowest BCUT2D eigenvalue weighted by molar-refractivity contribution is 0.0839. The quantitative estimate of drug-likeness (QED) is 0.441. The third kappa shape index (κ3) is 2.66. The molecule has 1 saturated heterocycles. The molecular formula is C5H12BNO3. The second kappa shape index (κ2) is 3.93. The Morgan fingerprint density at radius 2 is 1.80 bits per heavy atom. The Morgan fingerprint density at radius 3 is 2.30 bits per heavy atom. The third-order valence-corrected chi connectivity index (χ3v) is 1.47. The van der Waals surface area contributed by atoms with Crippen molar-refractivity contribution >= 4 is 7.32 Å². The van der Waals surface area contributed by atoms with Gasteiger partial charge in [0.05, 0.1) is 0 Å². The van der Waals surface area contributed by atoms with E-state index in [0.717, 1.165) is 13.1 Å². The van der Waals surface area contributed by atoms with Crippen molar-refractivity contribution in [1.29, 1.82) is 0 Å². The standard InChI is InChI=1S/C5H12BNO3/c1-7-2-4-9-6(8)10-5-3-7/h8H,2-5H2,1H3. The van der Waals surface area contributed by atoms with Gasteiger partial charge >= 0.3 is 7.32 Å². The summed E-state index contributed by atoms with van der Waals surface area (Å²) in [5.74, 6) is 0. The molecule has 0 aromatic carbocycles. The van der Waals surface area contributed by atoms with Gasteiger partial charge in [-0.15, -0.1) is 0 Å². The second-order valence-corrected chi connectivity index (χ2v) is 2.35. The zero-order valence-electron chi connectivity index (χ0n) is 6.12. The Bertz CT molecular complexity index is 82.9. The molecule has 0 saturated carbocycles. The molecule has 1 aliphatic rings. The van der Waals surface area contributed by atoms with E-state index in [1.807, 2.05) is 7.05 Å². The van der Waals surface area contributed by atoms with Crippen LogP contribution in [-0.2, 0) is 9.31 Å². The number of nitrogens with zero attached hydrogens (tertiary/aromatic N) is 1. The van der Waals surface area contributed by atoms with Crippen LogP contribution in [0.1, 0.15) is 0 Å². The van der Waals surface area contributed by atoms with Gasteiger partial charge in [-0.2, -0.15) is 0 Å². The molecule has 58 valence electrons. The Balaban J connectivity index is 2.21. The molecule has 4 nitrogen and oxygen atoms in total. The van der Waals surface area contributed by atoms with Crippen LogP contribution in [0.3, 0.4) is 0 Å². The van der Waals surface area contributed by atoms with E-state index in [4.69, 9.17) is 14.3 Å². The van der Waals surface area contributed by atoms with Crippen molar-refractivity contribution in [2.24, 2.45) is 0 Å². The smallest absolute Gasteiger partial charge is 0.402 e. The van der Waals surface area contributed by atoms with Gasteiger partial charge in [-0.25, -0.2) is 0 Å². The molecule has 1 aliphatic heterocycles. The van der Waals surface area contributed by atoms with Crippen molar-refractivity contribution in [3.05, 3.63) is 0 Å². The molecule has 10 heavy (non-hydrogen) atoms. The molecule has 0 unspecified atom stereocenters. The van der Waals surface area contributed by atoms with Crippen LogP contribution in [0.4, 0.5) is 0 Å². The average molecular weight is 145 g/mol. The molecule has 1 fully saturated rings. The zero-order valence-corrected chi connectivity index (χ0v) is 6.12. The van der Waals surface area contributed by atoms with Crippen LogP contribution in [0, 0.1) is 0 Å². The maximum absolute atomic E-state index is 8.84. The van der Waals surface area contributed by atoms with Crippen molar-refractivity contribution in [2.75, 3.05) is 33.4 Å². The van der Waals surface area contributed by atoms with Crippen molar-refractivity contribution in [2.45, 2.75) is 0 Å². The van der Waals surface area contributed by atoms with Crippen molar-refractivity contribution in [1.82, 2.24) is 4.90 Å².